The second-order valence-electron chi connectivity index (χ2n) is 9.49. The van der Waals surface area contributed by atoms with E-state index in [0.29, 0.717) is 22.8 Å². The Morgan fingerprint density at radius 1 is 0.769 bits per heavy atom. The van der Waals surface area contributed by atoms with Crippen LogP contribution >= 0.6 is 0 Å². The lowest BCUT2D eigenvalue weighted by Gasteiger charge is -2.16. The van der Waals surface area contributed by atoms with Crippen LogP contribution < -0.4 is 0 Å². The summed E-state index contributed by atoms with van der Waals surface area (Å²) in [6.45, 7) is 4.21. The standard InChI is InChI=1S/C30H19N3O6/c1-30(2)20-7-10-38-26(20)27-21(30)15-19(39-27)4-3-16-5-8-31-22(11-16)24-13-18(29(36)37)14-25(33-24)23-12-17(28(34)35)6-9-32-23/h5-15H,1-2H3,(H,34,35)(H,36,37). The van der Waals surface area contributed by atoms with Gasteiger partial charge in [-0.2, -0.15) is 0 Å². The van der Waals surface area contributed by atoms with E-state index in [1.807, 2.05) is 12.1 Å². The van der Waals surface area contributed by atoms with Crippen LogP contribution in [-0.2, 0) is 5.41 Å². The van der Waals surface area contributed by atoms with Crippen molar-refractivity contribution in [1.29, 1.82) is 0 Å². The SMILES string of the molecule is CC1(C)c2ccoc2-c2oc(C#Cc3ccnc(-c4cc(C(=O)O)cc(-c5cc(C(=O)O)ccn5)n4)c3)cc21. The van der Waals surface area contributed by atoms with E-state index in [-0.39, 0.29) is 33.6 Å². The summed E-state index contributed by atoms with van der Waals surface area (Å²) in [5, 5.41) is 19.0. The van der Waals surface area contributed by atoms with Crippen LogP contribution in [0.15, 0.2) is 76.0 Å². The van der Waals surface area contributed by atoms with Crippen LogP contribution in [0.4, 0.5) is 0 Å². The van der Waals surface area contributed by atoms with Crippen molar-refractivity contribution in [2.75, 3.05) is 0 Å². The van der Waals surface area contributed by atoms with Gasteiger partial charge < -0.3 is 19.0 Å². The number of rotatable bonds is 4. The van der Waals surface area contributed by atoms with Crippen molar-refractivity contribution < 1.29 is 28.6 Å². The summed E-state index contributed by atoms with van der Waals surface area (Å²) in [5.41, 5.74) is 3.53. The van der Waals surface area contributed by atoms with Crippen LogP contribution in [0.1, 0.15) is 57.0 Å². The first-order valence-electron chi connectivity index (χ1n) is 11.9. The highest BCUT2D eigenvalue weighted by Gasteiger charge is 2.41. The van der Waals surface area contributed by atoms with Gasteiger partial charge in [-0.05, 0) is 54.5 Å². The Morgan fingerprint density at radius 2 is 1.44 bits per heavy atom. The highest BCUT2D eigenvalue weighted by Crippen LogP contribution is 2.50. The number of hydrogen-bond acceptors (Lipinski definition) is 7. The van der Waals surface area contributed by atoms with Gasteiger partial charge in [-0.3, -0.25) is 9.97 Å². The van der Waals surface area contributed by atoms with Gasteiger partial charge in [0.15, 0.2) is 17.3 Å². The van der Waals surface area contributed by atoms with E-state index in [9.17, 15) is 19.8 Å². The maximum Gasteiger partial charge on any atom is 0.335 e. The number of aromatic carboxylic acids is 2. The average molecular weight is 517 g/mol. The molecule has 6 rings (SSSR count). The Labute approximate surface area is 221 Å². The molecule has 1 aliphatic carbocycles. The molecule has 39 heavy (non-hydrogen) atoms. The van der Waals surface area contributed by atoms with E-state index >= 15 is 0 Å². The predicted octanol–water partition coefficient (Wildman–Crippen LogP) is 5.49. The first-order valence-corrected chi connectivity index (χ1v) is 11.9. The molecule has 1 aliphatic rings. The molecule has 0 amide bonds. The lowest BCUT2D eigenvalue weighted by molar-refractivity contribution is 0.0686. The van der Waals surface area contributed by atoms with E-state index in [4.69, 9.17) is 8.83 Å². The van der Waals surface area contributed by atoms with Crippen molar-refractivity contribution in [2.45, 2.75) is 19.3 Å². The average Bonchev–Trinajstić information content (AvgIpc) is 3.63. The fourth-order valence-corrected chi connectivity index (χ4v) is 4.61. The van der Waals surface area contributed by atoms with Crippen LogP contribution in [-0.4, -0.2) is 37.1 Å². The van der Waals surface area contributed by atoms with Gasteiger partial charge in [0.2, 0.25) is 0 Å². The van der Waals surface area contributed by atoms with Crippen LogP contribution in [0, 0.1) is 11.8 Å². The number of carboxylic acids is 2. The van der Waals surface area contributed by atoms with Gasteiger partial charge >= 0.3 is 11.9 Å². The maximum absolute atomic E-state index is 11.8. The molecule has 0 saturated carbocycles. The number of carbonyl (C=O) groups is 2. The molecule has 5 aromatic heterocycles. The minimum absolute atomic E-state index is 0.00929. The van der Waals surface area contributed by atoms with Crippen molar-refractivity contribution in [2.24, 2.45) is 0 Å². The van der Waals surface area contributed by atoms with Crippen LogP contribution in [0.3, 0.4) is 0 Å². The molecule has 0 fully saturated rings. The lowest BCUT2D eigenvalue weighted by Crippen LogP contribution is -2.13. The molecule has 0 spiro atoms. The van der Waals surface area contributed by atoms with E-state index in [0.717, 1.165) is 16.9 Å². The van der Waals surface area contributed by atoms with Crippen LogP contribution in [0.5, 0.6) is 0 Å². The van der Waals surface area contributed by atoms with Gasteiger partial charge in [-0.1, -0.05) is 19.8 Å². The molecule has 0 aliphatic heterocycles. The smallest absolute Gasteiger partial charge is 0.335 e. The summed E-state index contributed by atoms with van der Waals surface area (Å²) in [6.07, 6.45) is 4.54. The molecule has 2 N–H and O–H groups in total. The highest BCUT2D eigenvalue weighted by molar-refractivity contribution is 5.91. The summed E-state index contributed by atoms with van der Waals surface area (Å²) in [4.78, 5) is 36.3. The number of nitrogens with zero attached hydrogens (tertiary/aromatic N) is 3. The molecule has 5 aromatic rings. The van der Waals surface area contributed by atoms with Gasteiger partial charge in [0.25, 0.3) is 0 Å². The van der Waals surface area contributed by atoms with Crippen molar-refractivity contribution in [3.63, 3.8) is 0 Å². The first kappa shape index (κ1) is 23.9. The summed E-state index contributed by atoms with van der Waals surface area (Å²) in [7, 11) is 0. The zero-order chi connectivity index (χ0) is 27.3. The first-order chi connectivity index (χ1) is 18.7. The molecule has 190 valence electrons. The van der Waals surface area contributed by atoms with Crippen molar-refractivity contribution >= 4 is 11.9 Å². The summed E-state index contributed by atoms with van der Waals surface area (Å²) in [6, 6.07) is 12.7. The number of hydrogen-bond donors (Lipinski definition) is 2. The monoisotopic (exact) mass is 517 g/mol. The van der Waals surface area contributed by atoms with E-state index in [1.54, 1.807) is 24.6 Å². The number of fused-ring (bicyclic) bond motifs is 3. The maximum atomic E-state index is 11.8. The number of carboxylic acid groups (broad SMARTS) is 2. The fourth-order valence-electron chi connectivity index (χ4n) is 4.61. The van der Waals surface area contributed by atoms with Gasteiger partial charge in [-0.15, -0.1) is 0 Å². The third-order valence-corrected chi connectivity index (χ3v) is 6.64. The van der Waals surface area contributed by atoms with Gasteiger partial charge in [-0.25, -0.2) is 14.6 Å². The van der Waals surface area contributed by atoms with Crippen LogP contribution in [0.25, 0.3) is 34.3 Å². The Bertz CT molecular complexity index is 1870. The van der Waals surface area contributed by atoms with Crippen molar-refractivity contribution in [1.82, 2.24) is 15.0 Å². The highest BCUT2D eigenvalue weighted by atomic mass is 16.4. The molecule has 5 heterocycles. The van der Waals surface area contributed by atoms with Crippen molar-refractivity contribution in [3.05, 3.63) is 101 Å². The topological polar surface area (TPSA) is 140 Å². The Hall–Kier alpha value is -5.49. The second kappa shape index (κ2) is 8.82. The largest absolute Gasteiger partial charge is 0.478 e. The van der Waals surface area contributed by atoms with Crippen LogP contribution in [0.2, 0.25) is 0 Å². The molecule has 0 saturated heterocycles. The summed E-state index contributed by atoms with van der Waals surface area (Å²) < 4.78 is 11.6. The lowest BCUT2D eigenvalue weighted by atomic mass is 9.84. The summed E-state index contributed by atoms with van der Waals surface area (Å²) in [5.74, 6) is 5.72. The zero-order valence-corrected chi connectivity index (χ0v) is 20.7. The molecule has 0 unspecified atom stereocenters. The molecule has 0 aromatic carbocycles. The minimum atomic E-state index is -1.17. The second-order valence-corrected chi connectivity index (χ2v) is 9.49. The van der Waals surface area contributed by atoms with Gasteiger partial charge in [0.1, 0.15) is 0 Å². The molecular weight excluding hydrogens is 498 g/mol. The Kier molecular flexibility index (Phi) is 5.40. The molecule has 0 bridgehead atoms. The third-order valence-electron chi connectivity index (χ3n) is 6.64. The van der Waals surface area contributed by atoms with E-state index in [1.165, 1.54) is 30.5 Å². The molecule has 9 nitrogen and oxygen atoms in total. The normalized spacial score (nSPS) is 12.8. The number of furan rings is 2. The molecule has 0 atom stereocenters. The predicted molar refractivity (Wildman–Crippen MR) is 139 cm³/mol. The third kappa shape index (κ3) is 4.14. The van der Waals surface area contributed by atoms with E-state index < -0.39 is 11.9 Å². The fraction of sp³-hybridized carbons (Fsp3) is 0.100. The quantitative estimate of drug-likeness (QED) is 0.296. The molecule has 9 heteroatoms. The Morgan fingerprint density at radius 3 is 2.15 bits per heavy atom. The zero-order valence-electron chi connectivity index (χ0n) is 20.7. The molecular formula is C30H19N3O6. The van der Waals surface area contributed by atoms with Gasteiger partial charge in [0.05, 0.1) is 40.2 Å². The molecule has 0 radical (unpaired) electrons. The summed E-state index contributed by atoms with van der Waals surface area (Å²) >= 11 is 0. The Balaban J connectivity index is 1.36. The minimum Gasteiger partial charge on any atom is -0.478 e. The van der Waals surface area contributed by atoms with Gasteiger partial charge in [0, 0.05) is 34.5 Å². The number of aromatic nitrogens is 3. The van der Waals surface area contributed by atoms with E-state index in [2.05, 4.69) is 40.6 Å². The van der Waals surface area contributed by atoms with Crippen molar-refractivity contribution in [3.8, 4) is 46.1 Å². The number of pyridine rings is 3.